The number of nitrogens with zero attached hydrogens (tertiary/aromatic N) is 2. The highest BCUT2D eigenvalue weighted by atomic mass is 16.6. The van der Waals surface area contributed by atoms with E-state index in [1.54, 1.807) is 17.1 Å². The summed E-state index contributed by atoms with van der Waals surface area (Å²) in [5.74, 6) is -2.78. The molecule has 2 bridgehead atoms. The van der Waals surface area contributed by atoms with Crippen LogP contribution in [0, 0.1) is 11.8 Å². The Morgan fingerprint density at radius 1 is 1.23 bits per heavy atom. The topological polar surface area (TPSA) is 96.4 Å². The van der Waals surface area contributed by atoms with Gasteiger partial charge in [-0.15, -0.1) is 13.2 Å². The summed E-state index contributed by atoms with van der Waals surface area (Å²) in [4.78, 5) is 45.8. The summed E-state index contributed by atoms with van der Waals surface area (Å²) >= 11 is 0. The molecule has 40 heavy (non-hydrogen) atoms. The predicted molar refractivity (Wildman–Crippen MR) is 152 cm³/mol. The van der Waals surface area contributed by atoms with Crippen molar-refractivity contribution in [1.82, 2.24) is 9.80 Å². The van der Waals surface area contributed by atoms with Gasteiger partial charge in [0.15, 0.2) is 0 Å². The molecule has 218 valence electrons. The molecule has 0 saturated carbocycles. The number of allylic oxidation sites excluding steroid dienone is 1. The van der Waals surface area contributed by atoms with Crippen LogP contribution in [0.1, 0.15) is 58.9 Å². The number of esters is 1. The molecule has 2 unspecified atom stereocenters. The van der Waals surface area contributed by atoms with Gasteiger partial charge < -0.3 is 24.4 Å². The van der Waals surface area contributed by atoms with E-state index in [1.165, 1.54) is 4.90 Å². The summed E-state index contributed by atoms with van der Waals surface area (Å²) < 4.78 is 12.4. The molecule has 1 spiro atoms. The van der Waals surface area contributed by atoms with Crippen molar-refractivity contribution in [3.8, 4) is 0 Å². The Morgan fingerprint density at radius 2 is 1.93 bits per heavy atom. The van der Waals surface area contributed by atoms with Gasteiger partial charge in [-0.25, -0.2) is 0 Å². The lowest BCUT2D eigenvalue weighted by Crippen LogP contribution is -2.62. The summed E-state index contributed by atoms with van der Waals surface area (Å²) in [7, 11) is 0. The van der Waals surface area contributed by atoms with Crippen molar-refractivity contribution in [2.45, 2.75) is 88.6 Å². The molecule has 3 aliphatic rings. The Labute approximate surface area is 238 Å². The van der Waals surface area contributed by atoms with Gasteiger partial charge in [-0.1, -0.05) is 42.5 Å². The average Bonchev–Trinajstić information content (AvgIpc) is 3.48. The van der Waals surface area contributed by atoms with Crippen molar-refractivity contribution < 1.29 is 29.0 Å². The van der Waals surface area contributed by atoms with Crippen LogP contribution in [0.3, 0.4) is 0 Å². The molecule has 0 aromatic heterocycles. The van der Waals surface area contributed by atoms with Gasteiger partial charge in [-0.05, 0) is 65.4 Å². The Morgan fingerprint density at radius 3 is 2.52 bits per heavy atom. The van der Waals surface area contributed by atoms with Crippen LogP contribution < -0.4 is 0 Å². The van der Waals surface area contributed by atoms with Crippen LogP contribution in [0.4, 0.5) is 0 Å². The fourth-order valence-corrected chi connectivity index (χ4v) is 6.99. The van der Waals surface area contributed by atoms with E-state index >= 15 is 0 Å². The number of benzene rings is 1. The minimum absolute atomic E-state index is 0.224. The summed E-state index contributed by atoms with van der Waals surface area (Å²) in [6, 6.07) is 7.92. The van der Waals surface area contributed by atoms with Crippen molar-refractivity contribution in [2.24, 2.45) is 11.8 Å². The van der Waals surface area contributed by atoms with Gasteiger partial charge in [0, 0.05) is 12.1 Å². The average molecular weight is 553 g/mol. The molecule has 4 rings (SSSR count). The molecule has 0 radical (unpaired) electrons. The second-order valence-corrected chi connectivity index (χ2v) is 12.5. The number of rotatable bonds is 12. The molecule has 1 N–H and O–H groups in total. The molecule has 6 atom stereocenters. The smallest absolute Gasteiger partial charge is 0.312 e. The highest BCUT2D eigenvalue weighted by Gasteiger charge is 2.79. The van der Waals surface area contributed by atoms with E-state index in [0.29, 0.717) is 32.1 Å². The van der Waals surface area contributed by atoms with Gasteiger partial charge in [0.2, 0.25) is 11.8 Å². The molecule has 3 fully saturated rings. The third-order valence-electron chi connectivity index (χ3n) is 8.81. The maximum absolute atomic E-state index is 14.6. The Balaban J connectivity index is 1.78. The number of likely N-dealkylation sites (tertiary alicyclic amines) is 1. The first-order valence-electron chi connectivity index (χ1n) is 14.3. The molecular formula is C32H44N2O6. The predicted octanol–water partition coefficient (Wildman–Crippen LogP) is 3.68. The Hall–Kier alpha value is -2.97. The number of amides is 2. The lowest BCUT2D eigenvalue weighted by Gasteiger charge is -2.43. The zero-order chi connectivity index (χ0) is 29.3. The maximum Gasteiger partial charge on any atom is 0.312 e. The van der Waals surface area contributed by atoms with Crippen LogP contribution in [0.25, 0.3) is 0 Å². The van der Waals surface area contributed by atoms with Gasteiger partial charge in [0.25, 0.3) is 0 Å². The van der Waals surface area contributed by atoms with Gasteiger partial charge >= 0.3 is 5.97 Å². The van der Waals surface area contributed by atoms with Crippen LogP contribution >= 0.6 is 0 Å². The summed E-state index contributed by atoms with van der Waals surface area (Å²) in [5, 5.41) is 10.6. The first-order chi connectivity index (χ1) is 18.9. The standard InChI is InChI=1S/C32H44N2O6/c1-7-9-13-19-39-29(38)25-24-27(36)34(23(21-35)20-22-14-11-10-12-15-22)26(32(24)17-16-31(25,6)40-32)28(37)33(18-8-2)30(3,4)5/h7-8,10-12,14-15,23-26,35H,1-2,9,13,16-21H2,3-6H3/t23-,24+,25+,26?,31-,32?/m1/s1. The van der Waals surface area contributed by atoms with Crippen LogP contribution in [0.5, 0.6) is 0 Å². The number of ether oxygens (including phenoxy) is 2. The van der Waals surface area contributed by atoms with Crippen LogP contribution in [0.2, 0.25) is 0 Å². The first-order valence-corrected chi connectivity index (χ1v) is 14.3. The van der Waals surface area contributed by atoms with E-state index < -0.39 is 46.6 Å². The fourth-order valence-electron chi connectivity index (χ4n) is 6.99. The fraction of sp³-hybridized carbons (Fsp3) is 0.594. The zero-order valence-corrected chi connectivity index (χ0v) is 24.3. The van der Waals surface area contributed by atoms with Crippen LogP contribution in [-0.2, 0) is 30.3 Å². The minimum Gasteiger partial charge on any atom is -0.465 e. The molecule has 3 aliphatic heterocycles. The second kappa shape index (κ2) is 11.5. The van der Waals surface area contributed by atoms with E-state index in [1.807, 2.05) is 58.0 Å². The summed E-state index contributed by atoms with van der Waals surface area (Å²) in [6.07, 6.45) is 6.15. The van der Waals surface area contributed by atoms with Crippen LogP contribution in [-0.4, -0.2) is 81.3 Å². The molecule has 8 nitrogen and oxygen atoms in total. The number of aliphatic hydroxyl groups is 1. The maximum atomic E-state index is 14.6. The first kappa shape index (κ1) is 30.0. The van der Waals surface area contributed by atoms with Crippen molar-refractivity contribution in [3.63, 3.8) is 0 Å². The quantitative estimate of drug-likeness (QED) is 0.242. The number of unbranched alkanes of at least 4 members (excludes halogenated alkanes) is 1. The lowest BCUT2D eigenvalue weighted by molar-refractivity contribution is -0.163. The van der Waals surface area contributed by atoms with Gasteiger partial charge in [0.1, 0.15) is 17.6 Å². The Bertz CT molecular complexity index is 1130. The molecule has 0 aliphatic carbocycles. The van der Waals surface area contributed by atoms with E-state index in [0.717, 1.165) is 5.56 Å². The van der Waals surface area contributed by atoms with Crippen LogP contribution in [0.15, 0.2) is 55.6 Å². The molecule has 1 aromatic rings. The third kappa shape index (κ3) is 5.12. The van der Waals surface area contributed by atoms with Crippen molar-refractivity contribution in [2.75, 3.05) is 19.8 Å². The van der Waals surface area contributed by atoms with Gasteiger partial charge in [-0.2, -0.15) is 0 Å². The van der Waals surface area contributed by atoms with Crippen molar-refractivity contribution >= 4 is 17.8 Å². The number of carbonyl (C=O) groups excluding carboxylic acids is 3. The largest absolute Gasteiger partial charge is 0.465 e. The number of hydrogen-bond acceptors (Lipinski definition) is 6. The molecule has 2 amide bonds. The van der Waals surface area contributed by atoms with E-state index in [9.17, 15) is 19.5 Å². The molecule has 1 aromatic carbocycles. The van der Waals surface area contributed by atoms with Crippen molar-refractivity contribution in [3.05, 3.63) is 61.2 Å². The Kier molecular flexibility index (Phi) is 8.62. The minimum atomic E-state index is -1.19. The zero-order valence-electron chi connectivity index (χ0n) is 24.3. The highest BCUT2D eigenvalue weighted by molar-refractivity contribution is 5.99. The number of carbonyl (C=O) groups is 3. The normalized spacial score (nSPS) is 29.7. The van der Waals surface area contributed by atoms with E-state index in [-0.39, 0.29) is 31.6 Å². The second-order valence-electron chi connectivity index (χ2n) is 12.5. The number of fused-ring (bicyclic) bond motifs is 1. The highest BCUT2D eigenvalue weighted by Crippen LogP contribution is 2.64. The van der Waals surface area contributed by atoms with Gasteiger partial charge in [-0.3, -0.25) is 14.4 Å². The van der Waals surface area contributed by atoms with Gasteiger partial charge in [0.05, 0.1) is 30.8 Å². The molecule has 3 heterocycles. The van der Waals surface area contributed by atoms with Crippen molar-refractivity contribution in [1.29, 1.82) is 0 Å². The summed E-state index contributed by atoms with van der Waals surface area (Å²) in [5.41, 5.74) is -1.74. The van der Waals surface area contributed by atoms with E-state index in [2.05, 4.69) is 13.2 Å². The number of hydrogen-bond donors (Lipinski definition) is 1. The van der Waals surface area contributed by atoms with E-state index in [4.69, 9.17) is 9.47 Å². The SMILES string of the molecule is C=CCCCOC(=O)[C@@H]1[C@H]2C(=O)N([C@@H](CO)Cc3ccccc3)C(C(=O)N(CC=C)C(C)(C)C)C23CC[C@@]1(C)O3. The lowest BCUT2D eigenvalue weighted by atomic mass is 9.66. The third-order valence-corrected chi connectivity index (χ3v) is 8.81. The molecule has 3 saturated heterocycles. The number of aliphatic hydroxyl groups excluding tert-OH is 1. The molecule has 8 heteroatoms. The summed E-state index contributed by atoms with van der Waals surface area (Å²) in [6.45, 7) is 15.4. The monoisotopic (exact) mass is 552 g/mol. The molecular weight excluding hydrogens is 508 g/mol.